The van der Waals surface area contributed by atoms with Crippen molar-refractivity contribution in [3.05, 3.63) is 76.7 Å². The number of nitrogens with one attached hydrogen (secondary N) is 2. The molecule has 0 spiro atoms. The Hall–Kier alpha value is -3.36. The molecule has 6 nitrogen and oxygen atoms in total. The lowest BCUT2D eigenvalue weighted by Gasteiger charge is -2.11. The number of rotatable bonds is 7. The van der Waals surface area contributed by atoms with Crippen LogP contribution >= 0.6 is 23.1 Å². The van der Waals surface area contributed by atoms with Crippen LogP contribution in [0, 0.1) is 0 Å². The SMILES string of the molecule is COC(=O)c1c(NC(=O)C(C)Sc2nc(-c3ccccc3)c(-c3ccccc3)[nH]2)sc2c1CCCCC2. The molecule has 0 radical (unpaired) electrons. The van der Waals surface area contributed by atoms with Crippen molar-refractivity contribution in [2.45, 2.75) is 49.4 Å². The third kappa shape index (κ3) is 5.50. The van der Waals surface area contributed by atoms with Crippen LogP contribution in [0.1, 0.15) is 47.0 Å². The van der Waals surface area contributed by atoms with E-state index in [1.54, 1.807) is 0 Å². The number of hydrogen-bond acceptors (Lipinski definition) is 6. The number of ether oxygens (including phenoxy) is 1. The van der Waals surface area contributed by atoms with Crippen LogP contribution < -0.4 is 5.32 Å². The van der Waals surface area contributed by atoms with Gasteiger partial charge in [0.05, 0.1) is 29.3 Å². The Bertz CT molecular complexity index is 1340. The minimum absolute atomic E-state index is 0.175. The minimum Gasteiger partial charge on any atom is -0.465 e. The van der Waals surface area contributed by atoms with Gasteiger partial charge in [0.25, 0.3) is 0 Å². The zero-order chi connectivity index (χ0) is 25.8. The Morgan fingerprint density at radius 1 is 1.00 bits per heavy atom. The van der Waals surface area contributed by atoms with Crippen LogP contribution in [0.3, 0.4) is 0 Å². The van der Waals surface area contributed by atoms with Gasteiger partial charge >= 0.3 is 5.97 Å². The first-order valence-electron chi connectivity index (χ1n) is 12.5. The molecule has 8 heteroatoms. The quantitative estimate of drug-likeness (QED) is 0.153. The average Bonchev–Trinajstić information content (AvgIpc) is 3.42. The van der Waals surface area contributed by atoms with Gasteiger partial charge < -0.3 is 15.0 Å². The van der Waals surface area contributed by atoms with Crippen molar-refractivity contribution in [1.29, 1.82) is 0 Å². The number of carbonyl (C=O) groups is 2. The lowest BCUT2D eigenvalue weighted by Crippen LogP contribution is -2.23. The fourth-order valence-corrected chi connectivity index (χ4v) is 6.70. The lowest BCUT2D eigenvalue weighted by molar-refractivity contribution is -0.115. The van der Waals surface area contributed by atoms with Crippen LogP contribution in [0.2, 0.25) is 0 Å². The molecule has 1 aliphatic carbocycles. The number of anilines is 1. The smallest absolute Gasteiger partial charge is 0.341 e. The molecule has 0 fully saturated rings. The first-order valence-corrected chi connectivity index (χ1v) is 14.2. The fraction of sp³-hybridized carbons (Fsp3) is 0.276. The number of aromatic amines is 1. The van der Waals surface area contributed by atoms with Crippen LogP contribution in [-0.4, -0.2) is 34.2 Å². The van der Waals surface area contributed by atoms with Gasteiger partial charge in [-0.3, -0.25) is 4.79 Å². The molecule has 1 unspecified atom stereocenters. The number of thioether (sulfide) groups is 1. The van der Waals surface area contributed by atoms with E-state index in [-0.39, 0.29) is 11.9 Å². The number of esters is 1. The number of H-pyrrole nitrogens is 1. The van der Waals surface area contributed by atoms with Crippen molar-refractivity contribution in [2.24, 2.45) is 0 Å². The van der Waals surface area contributed by atoms with Gasteiger partial charge in [-0.1, -0.05) is 78.8 Å². The van der Waals surface area contributed by atoms with E-state index < -0.39 is 5.25 Å². The minimum atomic E-state index is -0.439. The molecule has 2 N–H and O–H groups in total. The molecule has 1 atom stereocenters. The topological polar surface area (TPSA) is 84.1 Å². The number of aryl methyl sites for hydroxylation is 1. The molecule has 37 heavy (non-hydrogen) atoms. The van der Waals surface area contributed by atoms with E-state index in [1.165, 1.54) is 35.1 Å². The zero-order valence-corrected chi connectivity index (χ0v) is 22.5. The third-order valence-electron chi connectivity index (χ3n) is 6.50. The molecule has 0 aliphatic heterocycles. The van der Waals surface area contributed by atoms with Gasteiger partial charge in [0, 0.05) is 16.0 Å². The highest BCUT2D eigenvalue weighted by atomic mass is 32.2. The summed E-state index contributed by atoms with van der Waals surface area (Å²) < 4.78 is 5.08. The number of methoxy groups -OCH3 is 1. The summed E-state index contributed by atoms with van der Waals surface area (Å²) in [5.41, 5.74) is 5.35. The number of imidazole rings is 1. The van der Waals surface area contributed by atoms with Gasteiger partial charge in [-0.15, -0.1) is 11.3 Å². The summed E-state index contributed by atoms with van der Waals surface area (Å²) in [6, 6.07) is 20.1. The van der Waals surface area contributed by atoms with Gasteiger partial charge in [0.1, 0.15) is 5.00 Å². The Morgan fingerprint density at radius 3 is 2.38 bits per heavy atom. The van der Waals surface area contributed by atoms with Crippen LogP contribution in [-0.2, 0) is 22.4 Å². The van der Waals surface area contributed by atoms with E-state index in [4.69, 9.17) is 9.72 Å². The Morgan fingerprint density at radius 2 is 1.68 bits per heavy atom. The van der Waals surface area contributed by atoms with E-state index in [0.717, 1.165) is 60.2 Å². The molecular formula is C29H29N3O3S2. The second-order valence-electron chi connectivity index (χ2n) is 9.01. The highest BCUT2D eigenvalue weighted by Gasteiger charge is 2.28. The molecule has 2 aromatic carbocycles. The van der Waals surface area contributed by atoms with Crippen LogP contribution in [0.4, 0.5) is 5.00 Å². The normalized spacial score (nSPS) is 13.9. The average molecular weight is 532 g/mol. The number of hydrogen-bond donors (Lipinski definition) is 2. The summed E-state index contributed by atoms with van der Waals surface area (Å²) in [5, 5.41) is 3.84. The number of amides is 1. The summed E-state index contributed by atoms with van der Waals surface area (Å²) in [7, 11) is 1.39. The van der Waals surface area contributed by atoms with Crippen molar-refractivity contribution in [2.75, 3.05) is 12.4 Å². The van der Waals surface area contributed by atoms with Crippen molar-refractivity contribution in [3.8, 4) is 22.5 Å². The molecule has 2 heterocycles. The largest absolute Gasteiger partial charge is 0.465 e. The second-order valence-corrected chi connectivity index (χ2v) is 11.4. The Labute approximate surface area is 224 Å². The highest BCUT2D eigenvalue weighted by Crippen LogP contribution is 2.39. The summed E-state index contributed by atoms with van der Waals surface area (Å²) in [6.07, 6.45) is 5.06. The van der Waals surface area contributed by atoms with E-state index in [1.807, 2.05) is 67.6 Å². The standard InChI is InChI=1S/C29H29N3O3S2/c1-18(26(33)32-27-23(28(34)35-2)21-16-10-5-11-17-22(21)37-27)36-29-30-24(19-12-6-3-7-13-19)25(31-29)20-14-8-4-9-15-20/h3-4,6-9,12-15,18H,5,10-11,16-17H2,1-2H3,(H,30,31)(H,32,33). The molecule has 5 rings (SSSR count). The molecular weight excluding hydrogens is 502 g/mol. The molecule has 190 valence electrons. The predicted octanol–water partition coefficient (Wildman–Crippen LogP) is 6.98. The lowest BCUT2D eigenvalue weighted by atomic mass is 10.1. The van der Waals surface area contributed by atoms with E-state index in [2.05, 4.69) is 10.3 Å². The summed E-state index contributed by atoms with van der Waals surface area (Å²) >= 11 is 2.87. The maximum atomic E-state index is 13.3. The summed E-state index contributed by atoms with van der Waals surface area (Å²) in [4.78, 5) is 35.4. The number of nitrogens with zero attached hydrogens (tertiary/aromatic N) is 1. The second kappa shape index (κ2) is 11.4. The molecule has 1 amide bonds. The van der Waals surface area contributed by atoms with Crippen LogP contribution in [0.5, 0.6) is 0 Å². The first kappa shape index (κ1) is 25.3. The number of thiophene rings is 1. The molecule has 0 saturated carbocycles. The molecule has 0 saturated heterocycles. The van der Waals surface area contributed by atoms with Crippen molar-refractivity contribution in [1.82, 2.24) is 9.97 Å². The van der Waals surface area contributed by atoms with Crippen molar-refractivity contribution >= 4 is 40.0 Å². The third-order valence-corrected chi connectivity index (χ3v) is 8.69. The Balaban J connectivity index is 1.39. The fourth-order valence-electron chi connectivity index (χ4n) is 4.61. The monoisotopic (exact) mass is 531 g/mol. The molecule has 1 aliphatic rings. The molecule has 0 bridgehead atoms. The van der Waals surface area contributed by atoms with Crippen molar-refractivity contribution < 1.29 is 14.3 Å². The van der Waals surface area contributed by atoms with E-state index in [9.17, 15) is 9.59 Å². The zero-order valence-electron chi connectivity index (χ0n) is 20.9. The predicted molar refractivity (Wildman–Crippen MR) is 150 cm³/mol. The van der Waals surface area contributed by atoms with Gasteiger partial charge in [0.15, 0.2) is 5.16 Å². The number of carbonyl (C=O) groups excluding carboxylic acids is 2. The first-order chi connectivity index (χ1) is 18.0. The summed E-state index contributed by atoms with van der Waals surface area (Å²) in [6.45, 7) is 1.85. The maximum absolute atomic E-state index is 13.3. The highest BCUT2D eigenvalue weighted by molar-refractivity contribution is 8.00. The Kier molecular flexibility index (Phi) is 7.76. The van der Waals surface area contributed by atoms with Gasteiger partial charge in [-0.05, 0) is 38.2 Å². The van der Waals surface area contributed by atoms with Crippen molar-refractivity contribution in [3.63, 3.8) is 0 Å². The van der Waals surface area contributed by atoms with Crippen LogP contribution in [0.25, 0.3) is 22.5 Å². The molecule has 4 aromatic rings. The summed E-state index contributed by atoms with van der Waals surface area (Å²) in [5.74, 6) is -0.563. The van der Waals surface area contributed by atoms with Crippen LogP contribution in [0.15, 0.2) is 65.8 Å². The van der Waals surface area contributed by atoms with E-state index in [0.29, 0.717) is 15.7 Å². The number of aromatic nitrogens is 2. The maximum Gasteiger partial charge on any atom is 0.341 e. The van der Waals surface area contributed by atoms with Gasteiger partial charge in [-0.25, -0.2) is 9.78 Å². The van der Waals surface area contributed by atoms with Gasteiger partial charge in [0.2, 0.25) is 5.91 Å². The van der Waals surface area contributed by atoms with E-state index >= 15 is 0 Å². The number of benzene rings is 2. The van der Waals surface area contributed by atoms with Gasteiger partial charge in [-0.2, -0.15) is 0 Å². The molecule has 2 aromatic heterocycles. The number of fused-ring (bicyclic) bond motifs is 1.